The Morgan fingerprint density at radius 3 is 2.28 bits per heavy atom. The number of hydrogen-bond donors (Lipinski definition) is 2. The van der Waals surface area contributed by atoms with E-state index in [1.807, 2.05) is 0 Å². The molecule has 25 heavy (non-hydrogen) atoms. The van der Waals surface area contributed by atoms with Gasteiger partial charge in [0.2, 0.25) is 5.91 Å². The van der Waals surface area contributed by atoms with Crippen molar-refractivity contribution >= 4 is 30.7 Å². The van der Waals surface area contributed by atoms with Gasteiger partial charge in [0.1, 0.15) is 0 Å². The highest BCUT2D eigenvalue weighted by Crippen LogP contribution is 2.27. The molecule has 1 heterocycles. The van der Waals surface area contributed by atoms with Crippen LogP contribution in [-0.2, 0) is 17.9 Å². The Labute approximate surface area is 163 Å². The molecule has 0 bridgehead atoms. The van der Waals surface area contributed by atoms with Crippen molar-refractivity contribution in [1.29, 1.82) is 0 Å². The van der Waals surface area contributed by atoms with E-state index in [1.165, 1.54) is 56.3 Å². The molecule has 4 nitrogen and oxygen atoms in total. The summed E-state index contributed by atoms with van der Waals surface area (Å²) >= 11 is 0. The summed E-state index contributed by atoms with van der Waals surface area (Å²) < 4.78 is 0. The third-order valence-corrected chi connectivity index (χ3v) is 4.78. The van der Waals surface area contributed by atoms with Gasteiger partial charge in [0, 0.05) is 13.1 Å². The van der Waals surface area contributed by atoms with Crippen LogP contribution in [0.25, 0.3) is 0 Å². The van der Waals surface area contributed by atoms with Crippen LogP contribution < -0.4 is 10.6 Å². The van der Waals surface area contributed by atoms with Crippen LogP contribution >= 0.6 is 24.8 Å². The number of piperidine rings is 1. The average Bonchev–Trinajstić information content (AvgIpc) is 3.39. The van der Waals surface area contributed by atoms with Crippen molar-refractivity contribution in [2.75, 3.05) is 26.2 Å². The Morgan fingerprint density at radius 2 is 1.64 bits per heavy atom. The predicted molar refractivity (Wildman–Crippen MR) is 108 cm³/mol. The van der Waals surface area contributed by atoms with Crippen molar-refractivity contribution < 1.29 is 4.79 Å². The summed E-state index contributed by atoms with van der Waals surface area (Å²) in [4.78, 5) is 14.3. The van der Waals surface area contributed by atoms with E-state index in [2.05, 4.69) is 39.8 Å². The van der Waals surface area contributed by atoms with Gasteiger partial charge in [0.05, 0.1) is 6.54 Å². The molecular formula is C19H31Cl2N3O. The molecule has 1 saturated heterocycles. The summed E-state index contributed by atoms with van der Waals surface area (Å²) in [5, 5.41) is 6.20. The molecule has 0 radical (unpaired) electrons. The van der Waals surface area contributed by atoms with E-state index in [1.54, 1.807) is 0 Å². The van der Waals surface area contributed by atoms with Crippen molar-refractivity contribution in [3.63, 3.8) is 0 Å². The minimum atomic E-state index is 0. The average molecular weight is 388 g/mol. The van der Waals surface area contributed by atoms with Crippen LogP contribution in [0.3, 0.4) is 0 Å². The number of benzene rings is 1. The highest BCUT2D eigenvalue weighted by atomic mass is 35.5. The molecule has 2 fully saturated rings. The lowest BCUT2D eigenvalue weighted by Crippen LogP contribution is -2.34. The molecule has 0 atom stereocenters. The molecule has 1 saturated carbocycles. The first-order chi connectivity index (χ1) is 11.3. The third kappa shape index (κ3) is 8.41. The van der Waals surface area contributed by atoms with Gasteiger partial charge in [-0.3, -0.25) is 9.69 Å². The number of likely N-dealkylation sites (tertiary alicyclic amines) is 1. The van der Waals surface area contributed by atoms with Crippen LogP contribution in [0.15, 0.2) is 24.3 Å². The lowest BCUT2D eigenvalue weighted by Gasteiger charge is -2.26. The van der Waals surface area contributed by atoms with Gasteiger partial charge in [-0.1, -0.05) is 30.7 Å². The predicted octanol–water partition coefficient (Wildman–Crippen LogP) is 3.13. The van der Waals surface area contributed by atoms with Crippen LogP contribution in [0, 0.1) is 5.92 Å². The van der Waals surface area contributed by atoms with Crippen LogP contribution in [0.5, 0.6) is 0 Å². The highest BCUT2D eigenvalue weighted by Gasteiger charge is 2.20. The molecule has 6 heteroatoms. The number of rotatable bonds is 8. The SMILES string of the molecule is Cl.Cl.O=C(CNCC1CC1)NCc1ccc(CN2CCCCC2)cc1. The molecule has 0 aromatic heterocycles. The first-order valence-corrected chi connectivity index (χ1v) is 9.07. The number of carbonyl (C=O) groups excluding carboxylic acids is 1. The van der Waals surface area contributed by atoms with Crippen LogP contribution in [0.4, 0.5) is 0 Å². The maximum absolute atomic E-state index is 11.8. The first kappa shape index (κ1) is 22.2. The summed E-state index contributed by atoms with van der Waals surface area (Å²) in [6, 6.07) is 8.66. The summed E-state index contributed by atoms with van der Waals surface area (Å²) in [5.74, 6) is 0.901. The minimum absolute atomic E-state index is 0. The van der Waals surface area contributed by atoms with Crippen LogP contribution in [0.1, 0.15) is 43.2 Å². The second kappa shape index (κ2) is 11.7. The fourth-order valence-corrected chi connectivity index (χ4v) is 3.11. The Morgan fingerprint density at radius 1 is 1.00 bits per heavy atom. The molecule has 2 aliphatic rings. The molecule has 1 amide bonds. The van der Waals surface area contributed by atoms with Gasteiger partial charge in [-0.2, -0.15) is 0 Å². The monoisotopic (exact) mass is 387 g/mol. The zero-order chi connectivity index (χ0) is 15.9. The molecule has 0 unspecified atom stereocenters. The second-order valence-corrected chi connectivity index (χ2v) is 7.00. The molecule has 0 spiro atoms. The molecule has 3 rings (SSSR count). The van der Waals surface area contributed by atoms with Gasteiger partial charge in [0.25, 0.3) is 0 Å². The number of carbonyl (C=O) groups is 1. The lowest BCUT2D eigenvalue weighted by atomic mass is 10.1. The second-order valence-electron chi connectivity index (χ2n) is 7.00. The Balaban J connectivity index is 0.00000156. The lowest BCUT2D eigenvalue weighted by molar-refractivity contribution is -0.120. The van der Waals surface area contributed by atoms with Gasteiger partial charge in [0.15, 0.2) is 0 Å². The normalized spacial score (nSPS) is 17.3. The number of nitrogens with one attached hydrogen (secondary N) is 2. The Hall–Kier alpha value is -0.810. The Bertz CT molecular complexity index is 500. The van der Waals surface area contributed by atoms with E-state index >= 15 is 0 Å². The molecule has 1 aromatic carbocycles. The first-order valence-electron chi connectivity index (χ1n) is 9.07. The minimum Gasteiger partial charge on any atom is -0.351 e. The van der Waals surface area contributed by atoms with Gasteiger partial charge in [-0.05, 0) is 62.4 Å². The molecule has 1 aliphatic heterocycles. The van der Waals surface area contributed by atoms with Gasteiger partial charge >= 0.3 is 0 Å². The maximum atomic E-state index is 11.8. The van der Waals surface area contributed by atoms with Crippen molar-refractivity contribution in [1.82, 2.24) is 15.5 Å². The molecule has 1 aliphatic carbocycles. The summed E-state index contributed by atoms with van der Waals surface area (Å²) in [6.45, 7) is 5.55. The van der Waals surface area contributed by atoms with E-state index in [0.717, 1.165) is 19.0 Å². The largest absolute Gasteiger partial charge is 0.351 e. The van der Waals surface area contributed by atoms with Crippen LogP contribution in [-0.4, -0.2) is 37.0 Å². The van der Waals surface area contributed by atoms with Crippen molar-refractivity contribution in [3.8, 4) is 0 Å². The van der Waals surface area contributed by atoms with Gasteiger partial charge in [-0.25, -0.2) is 0 Å². The molecule has 142 valence electrons. The molecule has 2 N–H and O–H groups in total. The maximum Gasteiger partial charge on any atom is 0.234 e. The molecular weight excluding hydrogens is 357 g/mol. The van der Waals surface area contributed by atoms with Gasteiger partial charge in [-0.15, -0.1) is 24.8 Å². The highest BCUT2D eigenvalue weighted by molar-refractivity contribution is 5.85. The third-order valence-electron chi connectivity index (χ3n) is 4.78. The van der Waals surface area contributed by atoms with E-state index in [9.17, 15) is 4.79 Å². The molecule has 1 aromatic rings. The number of nitrogens with zero attached hydrogens (tertiary/aromatic N) is 1. The fourth-order valence-electron chi connectivity index (χ4n) is 3.11. The topological polar surface area (TPSA) is 44.4 Å². The Kier molecular flexibility index (Phi) is 10.4. The smallest absolute Gasteiger partial charge is 0.234 e. The zero-order valence-electron chi connectivity index (χ0n) is 14.8. The zero-order valence-corrected chi connectivity index (χ0v) is 16.5. The van der Waals surface area contributed by atoms with E-state index in [4.69, 9.17) is 0 Å². The number of hydrogen-bond acceptors (Lipinski definition) is 3. The summed E-state index contributed by atoms with van der Waals surface area (Å²) in [7, 11) is 0. The number of amides is 1. The standard InChI is InChI=1S/C19H29N3O.2ClH/c23-19(14-20-12-16-4-5-16)21-13-17-6-8-18(9-7-17)15-22-10-2-1-3-11-22;;/h6-9,16,20H,1-5,10-15H2,(H,21,23);2*1H. The van der Waals surface area contributed by atoms with E-state index in [0.29, 0.717) is 13.1 Å². The van der Waals surface area contributed by atoms with E-state index < -0.39 is 0 Å². The van der Waals surface area contributed by atoms with Crippen LogP contribution in [0.2, 0.25) is 0 Å². The fraction of sp³-hybridized carbons (Fsp3) is 0.632. The van der Waals surface area contributed by atoms with Crippen molar-refractivity contribution in [2.45, 2.75) is 45.2 Å². The summed E-state index contributed by atoms with van der Waals surface area (Å²) in [5.41, 5.74) is 2.54. The number of halogens is 2. The summed E-state index contributed by atoms with van der Waals surface area (Å²) in [6.07, 6.45) is 6.68. The van der Waals surface area contributed by atoms with E-state index in [-0.39, 0.29) is 30.7 Å². The van der Waals surface area contributed by atoms with Crippen molar-refractivity contribution in [3.05, 3.63) is 35.4 Å². The van der Waals surface area contributed by atoms with Gasteiger partial charge < -0.3 is 10.6 Å². The van der Waals surface area contributed by atoms with Crippen molar-refractivity contribution in [2.24, 2.45) is 5.92 Å². The quantitative estimate of drug-likeness (QED) is 0.719.